The van der Waals surface area contributed by atoms with E-state index in [1.165, 1.54) is 22.2 Å². The quantitative estimate of drug-likeness (QED) is 0.276. The third-order valence-corrected chi connectivity index (χ3v) is 7.63. The van der Waals surface area contributed by atoms with Gasteiger partial charge in [-0.1, -0.05) is 36.9 Å². The second-order valence-corrected chi connectivity index (χ2v) is 9.72. The molecule has 0 spiro atoms. The highest BCUT2D eigenvalue weighted by atomic mass is 32.2. The first-order chi connectivity index (χ1) is 14.6. The van der Waals surface area contributed by atoms with Crippen molar-refractivity contribution in [2.75, 3.05) is 5.75 Å². The first-order valence-electron chi connectivity index (χ1n) is 10.0. The number of fused-ring (bicyclic) bond motifs is 3. The minimum atomic E-state index is -0.0342. The Balaban J connectivity index is 1.63. The number of nitrogens with one attached hydrogen (secondary N) is 1. The SMILES string of the molecule is CC1CCc2c(sc3nc(SCC(=O)c4ccc[nH]4)n(-c4ccccc4)c(=O)c23)C1. The van der Waals surface area contributed by atoms with Gasteiger partial charge >= 0.3 is 0 Å². The molecule has 7 heteroatoms. The molecule has 3 aromatic heterocycles. The van der Waals surface area contributed by atoms with Gasteiger partial charge in [0.05, 0.1) is 22.5 Å². The van der Waals surface area contributed by atoms with Crippen molar-refractivity contribution >= 4 is 39.1 Å². The molecular formula is C23H21N3O2S2. The van der Waals surface area contributed by atoms with Crippen LogP contribution < -0.4 is 5.56 Å². The number of thioether (sulfide) groups is 1. The first kappa shape index (κ1) is 19.3. The van der Waals surface area contributed by atoms with E-state index in [4.69, 9.17) is 4.98 Å². The van der Waals surface area contributed by atoms with E-state index in [0.29, 0.717) is 16.8 Å². The lowest BCUT2D eigenvalue weighted by molar-refractivity contribution is 0.101. The molecule has 1 N–H and O–H groups in total. The van der Waals surface area contributed by atoms with Gasteiger partial charge in [0.15, 0.2) is 10.9 Å². The van der Waals surface area contributed by atoms with E-state index in [-0.39, 0.29) is 17.1 Å². The molecule has 1 aliphatic carbocycles. The Morgan fingerprint density at radius 3 is 2.87 bits per heavy atom. The number of Topliss-reactive ketones (excluding diaryl/α,β-unsaturated/α-hetero) is 1. The predicted molar refractivity (Wildman–Crippen MR) is 122 cm³/mol. The van der Waals surface area contributed by atoms with Gasteiger partial charge in [-0.25, -0.2) is 4.98 Å². The van der Waals surface area contributed by atoms with Crippen LogP contribution in [0.1, 0.15) is 34.3 Å². The molecule has 3 heterocycles. The molecule has 30 heavy (non-hydrogen) atoms. The topological polar surface area (TPSA) is 67.8 Å². The van der Waals surface area contributed by atoms with E-state index in [1.807, 2.05) is 30.3 Å². The van der Waals surface area contributed by atoms with Crippen LogP contribution in [0.25, 0.3) is 15.9 Å². The van der Waals surface area contributed by atoms with Crippen LogP contribution in [0.4, 0.5) is 0 Å². The lowest BCUT2D eigenvalue weighted by Gasteiger charge is -2.17. The highest BCUT2D eigenvalue weighted by Crippen LogP contribution is 2.37. The van der Waals surface area contributed by atoms with Gasteiger partial charge in [0.1, 0.15) is 4.83 Å². The summed E-state index contributed by atoms with van der Waals surface area (Å²) in [5.74, 6) is 0.834. The number of para-hydroxylation sites is 1. The number of ketones is 1. The molecule has 0 saturated heterocycles. The molecule has 5 nitrogen and oxygen atoms in total. The molecule has 1 unspecified atom stereocenters. The smallest absolute Gasteiger partial charge is 0.267 e. The number of aromatic nitrogens is 3. The fourth-order valence-corrected chi connectivity index (χ4v) is 6.30. The van der Waals surface area contributed by atoms with Gasteiger partial charge in [-0.15, -0.1) is 11.3 Å². The maximum absolute atomic E-state index is 13.7. The maximum atomic E-state index is 13.7. The molecule has 1 aliphatic rings. The third-order valence-electron chi connectivity index (χ3n) is 5.54. The number of hydrogen-bond donors (Lipinski definition) is 1. The van der Waals surface area contributed by atoms with E-state index >= 15 is 0 Å². The summed E-state index contributed by atoms with van der Waals surface area (Å²) < 4.78 is 1.67. The highest BCUT2D eigenvalue weighted by molar-refractivity contribution is 7.99. The molecule has 152 valence electrons. The van der Waals surface area contributed by atoms with E-state index < -0.39 is 0 Å². The molecule has 4 aromatic rings. The number of H-pyrrole nitrogens is 1. The van der Waals surface area contributed by atoms with Crippen LogP contribution in [0, 0.1) is 5.92 Å². The van der Waals surface area contributed by atoms with Crippen LogP contribution in [0.2, 0.25) is 0 Å². The summed E-state index contributed by atoms with van der Waals surface area (Å²) in [6.45, 7) is 2.26. The van der Waals surface area contributed by atoms with Crippen molar-refractivity contribution in [1.82, 2.24) is 14.5 Å². The summed E-state index contributed by atoms with van der Waals surface area (Å²) >= 11 is 2.95. The molecule has 1 aromatic carbocycles. The van der Waals surface area contributed by atoms with Crippen molar-refractivity contribution < 1.29 is 4.79 Å². The van der Waals surface area contributed by atoms with Gasteiger partial charge in [-0.3, -0.25) is 14.2 Å². The average molecular weight is 436 g/mol. The Labute approximate surface area is 182 Å². The van der Waals surface area contributed by atoms with Gasteiger partial charge in [0.25, 0.3) is 5.56 Å². The maximum Gasteiger partial charge on any atom is 0.267 e. The van der Waals surface area contributed by atoms with Crippen molar-refractivity contribution in [2.24, 2.45) is 5.92 Å². The fraction of sp³-hybridized carbons (Fsp3) is 0.261. The molecule has 0 saturated carbocycles. The average Bonchev–Trinajstić information content (AvgIpc) is 3.40. The molecule has 0 amide bonds. The molecule has 0 fully saturated rings. The lowest BCUT2D eigenvalue weighted by atomic mass is 9.89. The monoisotopic (exact) mass is 435 g/mol. The van der Waals surface area contributed by atoms with E-state index in [1.54, 1.807) is 34.2 Å². The van der Waals surface area contributed by atoms with Crippen LogP contribution in [0.3, 0.4) is 0 Å². The summed E-state index contributed by atoms with van der Waals surface area (Å²) in [5.41, 5.74) is 2.48. The second-order valence-electron chi connectivity index (χ2n) is 7.70. The second kappa shape index (κ2) is 7.89. The number of hydrogen-bond acceptors (Lipinski definition) is 5. The molecule has 0 aliphatic heterocycles. The number of aromatic amines is 1. The highest BCUT2D eigenvalue weighted by Gasteiger charge is 2.25. The van der Waals surface area contributed by atoms with E-state index in [2.05, 4.69) is 11.9 Å². The summed E-state index contributed by atoms with van der Waals surface area (Å²) in [4.78, 5) is 36.1. The van der Waals surface area contributed by atoms with Gasteiger partial charge in [-0.05, 0) is 55.0 Å². The number of rotatable bonds is 5. The minimum absolute atomic E-state index is 0.0155. The summed E-state index contributed by atoms with van der Waals surface area (Å²) in [7, 11) is 0. The zero-order chi connectivity index (χ0) is 20.7. The summed E-state index contributed by atoms with van der Waals surface area (Å²) in [6.07, 6.45) is 4.78. The normalized spacial score (nSPS) is 16.0. The number of carbonyl (C=O) groups excluding carboxylic acids is 1. The number of carbonyl (C=O) groups is 1. The van der Waals surface area contributed by atoms with Gasteiger partial charge < -0.3 is 4.98 Å². The molecule has 1 atom stereocenters. The number of aryl methyl sites for hydroxylation is 1. The molecule has 0 bridgehead atoms. The van der Waals surface area contributed by atoms with Crippen molar-refractivity contribution in [3.05, 3.63) is 75.1 Å². The van der Waals surface area contributed by atoms with Crippen molar-refractivity contribution in [2.45, 2.75) is 31.3 Å². The van der Waals surface area contributed by atoms with Crippen molar-refractivity contribution in [1.29, 1.82) is 0 Å². The largest absolute Gasteiger partial charge is 0.359 e. The van der Waals surface area contributed by atoms with Crippen LogP contribution in [-0.2, 0) is 12.8 Å². The van der Waals surface area contributed by atoms with Gasteiger partial charge in [0, 0.05) is 11.1 Å². The van der Waals surface area contributed by atoms with Crippen LogP contribution in [0.15, 0.2) is 58.6 Å². The predicted octanol–water partition coefficient (Wildman–Crippen LogP) is 4.88. The fourth-order valence-electron chi connectivity index (χ4n) is 3.98. The lowest BCUT2D eigenvalue weighted by Crippen LogP contribution is -2.23. The zero-order valence-corrected chi connectivity index (χ0v) is 18.2. The molecule has 5 rings (SSSR count). The van der Waals surface area contributed by atoms with E-state index in [9.17, 15) is 9.59 Å². The van der Waals surface area contributed by atoms with Gasteiger partial charge in [0.2, 0.25) is 0 Å². The minimum Gasteiger partial charge on any atom is -0.359 e. The number of nitrogens with zero attached hydrogens (tertiary/aromatic N) is 2. The van der Waals surface area contributed by atoms with Crippen LogP contribution in [-0.4, -0.2) is 26.1 Å². The Morgan fingerprint density at radius 2 is 2.10 bits per heavy atom. The van der Waals surface area contributed by atoms with Crippen molar-refractivity contribution in [3.8, 4) is 5.69 Å². The molecular weight excluding hydrogens is 414 g/mol. The van der Waals surface area contributed by atoms with Crippen LogP contribution >= 0.6 is 23.1 Å². The van der Waals surface area contributed by atoms with Gasteiger partial charge in [-0.2, -0.15) is 0 Å². The molecule has 0 radical (unpaired) electrons. The zero-order valence-electron chi connectivity index (χ0n) is 16.6. The van der Waals surface area contributed by atoms with E-state index in [0.717, 1.165) is 35.2 Å². The number of thiophene rings is 1. The standard InChI is InChI=1S/C23H21N3O2S2/c1-14-9-10-16-19(12-14)30-21-20(16)22(28)26(15-6-3-2-4-7-15)23(25-21)29-13-18(27)17-8-5-11-24-17/h2-8,11,14,24H,9-10,12-13H2,1H3. The first-order valence-corrected chi connectivity index (χ1v) is 11.8. The number of benzene rings is 1. The Morgan fingerprint density at radius 1 is 1.27 bits per heavy atom. The van der Waals surface area contributed by atoms with Crippen molar-refractivity contribution in [3.63, 3.8) is 0 Å². The summed E-state index contributed by atoms with van der Waals surface area (Å²) in [6, 6.07) is 13.1. The Kier molecular flexibility index (Phi) is 5.08. The third kappa shape index (κ3) is 3.42. The van der Waals surface area contributed by atoms with Crippen LogP contribution in [0.5, 0.6) is 0 Å². The Bertz CT molecular complexity index is 1270. The summed E-state index contributed by atoms with van der Waals surface area (Å²) in [5, 5.41) is 1.32. The Hall–Kier alpha value is -2.64.